The molecule has 0 saturated carbocycles. The van der Waals surface area contributed by atoms with E-state index in [9.17, 15) is 4.79 Å². The zero-order valence-electron chi connectivity index (χ0n) is 21.0. The number of amides is 1. The predicted molar refractivity (Wildman–Crippen MR) is 146 cm³/mol. The van der Waals surface area contributed by atoms with Crippen molar-refractivity contribution in [1.29, 1.82) is 0 Å². The third-order valence-corrected chi connectivity index (χ3v) is 7.24. The first-order valence-electron chi connectivity index (χ1n) is 12.4. The van der Waals surface area contributed by atoms with Crippen molar-refractivity contribution in [3.05, 3.63) is 109 Å². The predicted octanol–water partition coefficient (Wildman–Crippen LogP) is 5.72. The number of aromatic nitrogens is 4. The number of rotatable bonds is 5. The summed E-state index contributed by atoms with van der Waals surface area (Å²) in [5.41, 5.74) is 4.36. The van der Waals surface area contributed by atoms with Crippen molar-refractivity contribution in [1.82, 2.24) is 19.7 Å². The van der Waals surface area contributed by atoms with Gasteiger partial charge in [-0.1, -0.05) is 48.0 Å². The molecule has 0 bridgehead atoms. The minimum absolute atomic E-state index is 0.0417. The van der Waals surface area contributed by atoms with Crippen LogP contribution in [0.4, 0.5) is 11.6 Å². The zero-order valence-corrected chi connectivity index (χ0v) is 21.0. The van der Waals surface area contributed by atoms with Crippen LogP contribution in [0.25, 0.3) is 16.6 Å². The van der Waals surface area contributed by atoms with E-state index in [1.54, 1.807) is 18.5 Å². The fourth-order valence-electron chi connectivity index (χ4n) is 5.22. The van der Waals surface area contributed by atoms with Gasteiger partial charge in [0.05, 0.1) is 34.9 Å². The van der Waals surface area contributed by atoms with Gasteiger partial charge in [-0.25, -0.2) is 14.6 Å². The maximum Gasteiger partial charge on any atom is 0.235 e. The van der Waals surface area contributed by atoms with Gasteiger partial charge in [-0.2, -0.15) is 5.10 Å². The van der Waals surface area contributed by atoms with E-state index >= 15 is 0 Å². The number of hydrogen-bond acceptors (Lipinski definition) is 5. The normalized spacial score (nSPS) is 18.9. The number of fused-ring (bicyclic) bond motifs is 1. The Labute approximate surface area is 215 Å². The molecular weight excluding hydrogens is 460 g/mol. The second kappa shape index (κ2) is 8.85. The van der Waals surface area contributed by atoms with E-state index in [0.29, 0.717) is 5.95 Å². The van der Waals surface area contributed by atoms with E-state index in [0.717, 1.165) is 27.8 Å². The number of anilines is 2. The molecule has 6 rings (SSSR count). The molecule has 1 N–H and O–H groups in total. The highest BCUT2D eigenvalue weighted by molar-refractivity contribution is 6.03. The van der Waals surface area contributed by atoms with Gasteiger partial charge in [0.2, 0.25) is 11.9 Å². The van der Waals surface area contributed by atoms with Crippen LogP contribution in [0, 0.1) is 12.3 Å². The minimum Gasteiger partial charge on any atom is -0.348 e. The summed E-state index contributed by atoms with van der Waals surface area (Å²) < 4.78 is 1.93. The smallest absolute Gasteiger partial charge is 0.235 e. The summed E-state index contributed by atoms with van der Waals surface area (Å²) in [6.07, 6.45) is 5.26. The molecule has 2 atom stereocenters. The average molecular weight is 489 g/mol. The molecule has 1 aliphatic heterocycles. The molecule has 0 radical (unpaired) electrons. The molecule has 7 nitrogen and oxygen atoms in total. The van der Waals surface area contributed by atoms with Gasteiger partial charge in [-0.15, -0.1) is 0 Å². The van der Waals surface area contributed by atoms with Crippen LogP contribution < -0.4 is 10.2 Å². The van der Waals surface area contributed by atoms with Crippen molar-refractivity contribution in [2.75, 3.05) is 10.2 Å². The Morgan fingerprint density at radius 3 is 2.30 bits per heavy atom. The number of hydrogen-bond donors (Lipinski definition) is 1. The lowest BCUT2D eigenvalue weighted by Gasteiger charge is -2.30. The minimum atomic E-state index is -0.708. The molecule has 184 valence electrons. The highest BCUT2D eigenvalue weighted by Gasteiger charge is 2.55. The Balaban J connectivity index is 1.45. The Hall–Kier alpha value is -4.52. The van der Waals surface area contributed by atoms with Crippen LogP contribution in [0.15, 0.2) is 97.5 Å². The number of aryl methyl sites for hydroxylation is 1. The van der Waals surface area contributed by atoms with Crippen LogP contribution in [0.1, 0.15) is 31.0 Å². The van der Waals surface area contributed by atoms with Crippen molar-refractivity contribution in [2.24, 2.45) is 5.41 Å². The Bertz CT molecular complexity index is 1560. The Kier molecular flexibility index (Phi) is 5.48. The SMILES string of the molecule is Cc1ccc(-n2ncc3cc(N4C(=O)C(C)(C)[C@H](Nc5ncccn5)[C@H]4c4ccccc4)ccc32)cc1. The van der Waals surface area contributed by atoms with Crippen molar-refractivity contribution in [2.45, 2.75) is 32.9 Å². The summed E-state index contributed by atoms with van der Waals surface area (Å²) >= 11 is 0. The van der Waals surface area contributed by atoms with Crippen molar-refractivity contribution >= 4 is 28.4 Å². The first kappa shape index (κ1) is 22.9. The molecule has 0 spiro atoms. The molecule has 3 aromatic carbocycles. The highest BCUT2D eigenvalue weighted by Crippen LogP contribution is 2.47. The van der Waals surface area contributed by atoms with E-state index in [-0.39, 0.29) is 18.0 Å². The van der Waals surface area contributed by atoms with Gasteiger partial charge in [0.1, 0.15) is 0 Å². The van der Waals surface area contributed by atoms with Crippen molar-refractivity contribution < 1.29 is 4.79 Å². The second-order valence-electron chi connectivity index (χ2n) is 10.1. The Morgan fingerprint density at radius 2 is 1.57 bits per heavy atom. The second-order valence-corrected chi connectivity index (χ2v) is 10.1. The van der Waals surface area contributed by atoms with Crippen LogP contribution in [0.2, 0.25) is 0 Å². The fourth-order valence-corrected chi connectivity index (χ4v) is 5.22. The van der Waals surface area contributed by atoms with Crippen LogP contribution >= 0.6 is 0 Å². The van der Waals surface area contributed by atoms with Gasteiger partial charge in [-0.3, -0.25) is 4.79 Å². The lowest BCUT2D eigenvalue weighted by molar-refractivity contribution is -0.124. The zero-order chi connectivity index (χ0) is 25.6. The van der Waals surface area contributed by atoms with Gasteiger partial charge in [0.25, 0.3) is 0 Å². The van der Waals surface area contributed by atoms with E-state index in [1.807, 2.05) is 60.0 Å². The van der Waals surface area contributed by atoms with Gasteiger partial charge in [0.15, 0.2) is 0 Å². The summed E-state index contributed by atoms with van der Waals surface area (Å²) in [5.74, 6) is 0.547. The van der Waals surface area contributed by atoms with E-state index in [2.05, 4.69) is 69.8 Å². The number of carbonyl (C=O) groups excluding carboxylic acids is 1. The number of benzene rings is 3. The lowest BCUT2D eigenvalue weighted by Crippen LogP contribution is -2.38. The Morgan fingerprint density at radius 1 is 0.865 bits per heavy atom. The van der Waals surface area contributed by atoms with Crippen LogP contribution in [-0.2, 0) is 4.79 Å². The summed E-state index contributed by atoms with van der Waals surface area (Å²) in [6, 6.07) is 25.8. The number of carbonyl (C=O) groups is 1. The molecule has 3 heterocycles. The van der Waals surface area contributed by atoms with Gasteiger partial charge >= 0.3 is 0 Å². The number of nitrogens with one attached hydrogen (secondary N) is 1. The quantitative estimate of drug-likeness (QED) is 0.343. The van der Waals surface area contributed by atoms with Gasteiger partial charge in [0, 0.05) is 23.5 Å². The summed E-state index contributed by atoms with van der Waals surface area (Å²) in [4.78, 5) is 24.7. The molecular formula is C30H28N6O. The van der Waals surface area contributed by atoms with E-state index < -0.39 is 5.41 Å². The van der Waals surface area contributed by atoms with Crippen LogP contribution in [-0.4, -0.2) is 31.7 Å². The molecule has 37 heavy (non-hydrogen) atoms. The lowest BCUT2D eigenvalue weighted by atomic mass is 9.82. The molecule has 0 unspecified atom stereocenters. The maximum absolute atomic E-state index is 14.0. The molecule has 1 saturated heterocycles. The van der Waals surface area contributed by atoms with E-state index in [1.165, 1.54) is 5.56 Å². The van der Waals surface area contributed by atoms with Gasteiger partial charge in [-0.05, 0) is 62.7 Å². The topological polar surface area (TPSA) is 75.9 Å². The third-order valence-electron chi connectivity index (χ3n) is 7.24. The first-order chi connectivity index (χ1) is 17.9. The molecule has 1 fully saturated rings. The monoisotopic (exact) mass is 488 g/mol. The third kappa shape index (κ3) is 3.93. The highest BCUT2D eigenvalue weighted by atomic mass is 16.2. The molecule has 5 aromatic rings. The van der Waals surface area contributed by atoms with Crippen LogP contribution in [0.5, 0.6) is 0 Å². The first-order valence-corrected chi connectivity index (χ1v) is 12.4. The molecule has 2 aromatic heterocycles. The maximum atomic E-state index is 14.0. The fraction of sp³-hybridized carbons (Fsp3) is 0.200. The molecule has 1 aliphatic rings. The molecule has 1 amide bonds. The van der Waals surface area contributed by atoms with E-state index in [4.69, 9.17) is 0 Å². The summed E-state index contributed by atoms with van der Waals surface area (Å²) in [7, 11) is 0. The summed E-state index contributed by atoms with van der Waals surface area (Å²) in [5, 5.41) is 9.09. The number of nitrogens with zero attached hydrogens (tertiary/aromatic N) is 5. The van der Waals surface area contributed by atoms with Gasteiger partial charge < -0.3 is 10.2 Å². The van der Waals surface area contributed by atoms with Crippen molar-refractivity contribution in [3.8, 4) is 5.69 Å². The van der Waals surface area contributed by atoms with Crippen LogP contribution in [0.3, 0.4) is 0 Å². The molecule has 0 aliphatic carbocycles. The largest absolute Gasteiger partial charge is 0.348 e. The molecule has 7 heteroatoms. The van der Waals surface area contributed by atoms with Crippen molar-refractivity contribution in [3.63, 3.8) is 0 Å². The summed E-state index contributed by atoms with van der Waals surface area (Å²) in [6.45, 7) is 6.04. The standard InChI is InChI=1S/C30H28N6O/c1-20-10-12-23(13-11-20)36-25-15-14-24(18-22(25)19-33-36)35-26(21-8-5-4-6-9-21)27(30(2,3)28(35)37)34-29-31-16-7-17-32-29/h4-19,26-27H,1-3H3,(H,31,32,34)/t26-,27-/m1/s1. The average Bonchev–Trinajstić information content (AvgIpc) is 3.42.